The zero-order valence-corrected chi connectivity index (χ0v) is 16.1. The number of carbonyl (C=O) groups excluding carboxylic acids is 1. The molecule has 6 heteroatoms. The van der Waals surface area contributed by atoms with Gasteiger partial charge < -0.3 is 19.4 Å². The van der Waals surface area contributed by atoms with E-state index in [-0.39, 0.29) is 11.9 Å². The van der Waals surface area contributed by atoms with E-state index in [4.69, 9.17) is 4.74 Å². The summed E-state index contributed by atoms with van der Waals surface area (Å²) in [4.78, 5) is 18.8. The minimum atomic E-state index is -0.0325. The number of benzene rings is 1. The van der Waals surface area contributed by atoms with Crippen molar-refractivity contribution in [1.29, 1.82) is 0 Å². The lowest BCUT2D eigenvalue weighted by Crippen LogP contribution is -2.24. The van der Waals surface area contributed by atoms with Crippen molar-refractivity contribution in [1.82, 2.24) is 14.3 Å². The van der Waals surface area contributed by atoms with Crippen LogP contribution in [-0.2, 0) is 0 Å². The molecule has 4 rings (SSSR count). The van der Waals surface area contributed by atoms with Crippen LogP contribution in [0.3, 0.4) is 0 Å². The number of fused-ring (bicyclic) bond motifs is 2. The number of hydrogen-bond donors (Lipinski definition) is 1. The van der Waals surface area contributed by atoms with Gasteiger partial charge in [0.05, 0.1) is 29.6 Å². The van der Waals surface area contributed by atoms with Crippen molar-refractivity contribution in [2.24, 2.45) is 0 Å². The Bertz CT molecular complexity index is 1020. The summed E-state index contributed by atoms with van der Waals surface area (Å²) in [6.07, 6.45) is 4.64. The largest absolute Gasteiger partial charge is 0.493 e. The number of anilines is 1. The standard InChI is InChI=1S/C21H24N4O2/c1-13-6-5-7-18-19(13)16(8-9-27-18)23-17-10-15(21(26)24(3)4)12-25-11-14(2)22-20(17)25/h5-7,10-12,16,23H,8-9H2,1-4H3/t16-/m0/s1. The summed E-state index contributed by atoms with van der Waals surface area (Å²) in [7, 11) is 3.52. The van der Waals surface area contributed by atoms with Crippen LogP contribution in [-0.4, -0.2) is 40.9 Å². The van der Waals surface area contributed by atoms with E-state index in [1.54, 1.807) is 19.0 Å². The number of aromatic nitrogens is 2. The fourth-order valence-electron chi connectivity index (χ4n) is 3.69. The Morgan fingerprint density at radius 2 is 2.11 bits per heavy atom. The van der Waals surface area contributed by atoms with E-state index in [1.807, 2.05) is 41.9 Å². The molecule has 140 valence electrons. The highest BCUT2D eigenvalue weighted by Crippen LogP contribution is 2.37. The number of carbonyl (C=O) groups is 1. The predicted molar refractivity (Wildman–Crippen MR) is 106 cm³/mol. The van der Waals surface area contributed by atoms with Crippen molar-refractivity contribution in [2.75, 3.05) is 26.0 Å². The van der Waals surface area contributed by atoms with Gasteiger partial charge in [-0.15, -0.1) is 0 Å². The van der Waals surface area contributed by atoms with Crippen LogP contribution in [0, 0.1) is 13.8 Å². The predicted octanol–water partition coefficient (Wildman–Crippen LogP) is 3.59. The topological polar surface area (TPSA) is 58.9 Å². The van der Waals surface area contributed by atoms with Gasteiger partial charge in [-0.05, 0) is 31.5 Å². The molecule has 0 saturated heterocycles. The lowest BCUT2D eigenvalue weighted by molar-refractivity contribution is 0.0827. The van der Waals surface area contributed by atoms with Gasteiger partial charge in [0.2, 0.25) is 0 Å². The van der Waals surface area contributed by atoms with Crippen LogP contribution in [0.25, 0.3) is 5.65 Å². The molecular weight excluding hydrogens is 340 g/mol. The number of ether oxygens (including phenoxy) is 1. The molecule has 0 aliphatic carbocycles. The molecule has 0 unspecified atom stereocenters. The molecule has 1 amide bonds. The summed E-state index contributed by atoms with van der Waals surface area (Å²) in [5, 5.41) is 3.63. The highest BCUT2D eigenvalue weighted by atomic mass is 16.5. The van der Waals surface area contributed by atoms with Gasteiger partial charge in [-0.1, -0.05) is 12.1 Å². The molecule has 1 atom stereocenters. The van der Waals surface area contributed by atoms with Crippen molar-refractivity contribution < 1.29 is 9.53 Å². The van der Waals surface area contributed by atoms with Gasteiger partial charge in [-0.3, -0.25) is 4.79 Å². The molecule has 3 heterocycles. The quantitative estimate of drug-likeness (QED) is 0.772. The van der Waals surface area contributed by atoms with E-state index in [0.717, 1.165) is 29.2 Å². The number of nitrogens with one attached hydrogen (secondary N) is 1. The Morgan fingerprint density at radius 1 is 1.30 bits per heavy atom. The molecule has 0 radical (unpaired) electrons. The molecule has 3 aromatic rings. The second-order valence-corrected chi connectivity index (χ2v) is 7.28. The fourth-order valence-corrected chi connectivity index (χ4v) is 3.69. The van der Waals surface area contributed by atoms with E-state index in [0.29, 0.717) is 12.2 Å². The average molecular weight is 364 g/mol. The maximum Gasteiger partial charge on any atom is 0.254 e. The molecule has 1 N–H and O–H groups in total. The smallest absolute Gasteiger partial charge is 0.254 e. The molecule has 0 bridgehead atoms. The molecule has 1 aliphatic heterocycles. The van der Waals surface area contributed by atoms with E-state index < -0.39 is 0 Å². The van der Waals surface area contributed by atoms with Crippen LogP contribution in [0.2, 0.25) is 0 Å². The second-order valence-electron chi connectivity index (χ2n) is 7.28. The summed E-state index contributed by atoms with van der Waals surface area (Å²) in [5.74, 6) is 0.893. The third-order valence-corrected chi connectivity index (χ3v) is 4.95. The summed E-state index contributed by atoms with van der Waals surface area (Å²) >= 11 is 0. The average Bonchev–Trinajstić information content (AvgIpc) is 3.01. The molecular formula is C21H24N4O2. The SMILES string of the molecule is Cc1cn2cc(C(=O)N(C)C)cc(N[C@H]3CCOc4cccc(C)c43)c2n1. The Kier molecular flexibility index (Phi) is 4.26. The van der Waals surface area contributed by atoms with Crippen LogP contribution in [0.4, 0.5) is 5.69 Å². The van der Waals surface area contributed by atoms with Crippen LogP contribution in [0.5, 0.6) is 5.75 Å². The monoisotopic (exact) mass is 364 g/mol. The summed E-state index contributed by atoms with van der Waals surface area (Å²) in [5.41, 5.74) is 5.59. The van der Waals surface area contributed by atoms with Crippen LogP contribution >= 0.6 is 0 Å². The Hall–Kier alpha value is -3.02. The van der Waals surface area contributed by atoms with Crippen molar-refractivity contribution in [3.8, 4) is 5.75 Å². The number of pyridine rings is 1. The van der Waals surface area contributed by atoms with E-state index in [9.17, 15) is 4.79 Å². The number of amides is 1. The first-order valence-corrected chi connectivity index (χ1v) is 9.14. The molecule has 2 aromatic heterocycles. The van der Waals surface area contributed by atoms with Crippen LogP contribution in [0.15, 0.2) is 36.7 Å². The van der Waals surface area contributed by atoms with Gasteiger partial charge in [0.15, 0.2) is 5.65 Å². The first-order valence-electron chi connectivity index (χ1n) is 9.14. The third-order valence-electron chi connectivity index (χ3n) is 4.95. The Balaban J connectivity index is 1.80. The number of imidazole rings is 1. The van der Waals surface area contributed by atoms with Crippen molar-refractivity contribution in [3.05, 3.63) is 59.0 Å². The van der Waals surface area contributed by atoms with Gasteiger partial charge in [-0.25, -0.2) is 4.98 Å². The van der Waals surface area contributed by atoms with Crippen molar-refractivity contribution in [3.63, 3.8) is 0 Å². The Morgan fingerprint density at radius 3 is 2.89 bits per heavy atom. The zero-order chi connectivity index (χ0) is 19.1. The minimum Gasteiger partial charge on any atom is -0.493 e. The highest BCUT2D eigenvalue weighted by molar-refractivity contribution is 5.95. The molecule has 0 spiro atoms. The number of nitrogens with zero attached hydrogens (tertiary/aromatic N) is 3. The normalized spacial score (nSPS) is 15.9. The van der Waals surface area contributed by atoms with Gasteiger partial charge in [0, 0.05) is 38.5 Å². The van der Waals surface area contributed by atoms with Gasteiger partial charge in [0.25, 0.3) is 5.91 Å². The highest BCUT2D eigenvalue weighted by Gasteiger charge is 2.24. The Labute approximate surface area is 158 Å². The maximum atomic E-state index is 12.5. The summed E-state index contributed by atoms with van der Waals surface area (Å²) in [6, 6.07) is 8.14. The number of rotatable bonds is 3. The van der Waals surface area contributed by atoms with E-state index >= 15 is 0 Å². The number of hydrogen-bond acceptors (Lipinski definition) is 4. The lowest BCUT2D eigenvalue weighted by atomic mass is 9.95. The van der Waals surface area contributed by atoms with Crippen LogP contribution < -0.4 is 10.1 Å². The molecule has 1 aliphatic rings. The maximum absolute atomic E-state index is 12.5. The fraction of sp³-hybridized carbons (Fsp3) is 0.333. The third kappa shape index (κ3) is 3.12. The number of aryl methyl sites for hydroxylation is 2. The first kappa shape index (κ1) is 17.4. The van der Waals surface area contributed by atoms with Gasteiger partial charge in [-0.2, -0.15) is 0 Å². The van der Waals surface area contributed by atoms with E-state index in [1.165, 1.54) is 11.1 Å². The van der Waals surface area contributed by atoms with Gasteiger partial charge in [0.1, 0.15) is 5.75 Å². The van der Waals surface area contributed by atoms with Gasteiger partial charge >= 0.3 is 0 Å². The lowest BCUT2D eigenvalue weighted by Gasteiger charge is -2.29. The zero-order valence-electron chi connectivity index (χ0n) is 16.1. The summed E-state index contributed by atoms with van der Waals surface area (Å²) in [6.45, 7) is 4.72. The first-order chi connectivity index (χ1) is 12.9. The molecule has 6 nitrogen and oxygen atoms in total. The molecule has 0 saturated carbocycles. The molecule has 1 aromatic carbocycles. The molecule has 27 heavy (non-hydrogen) atoms. The van der Waals surface area contributed by atoms with Crippen molar-refractivity contribution >= 4 is 17.2 Å². The van der Waals surface area contributed by atoms with E-state index in [2.05, 4.69) is 23.3 Å². The van der Waals surface area contributed by atoms with Crippen molar-refractivity contribution in [2.45, 2.75) is 26.3 Å². The molecule has 0 fully saturated rings. The summed E-state index contributed by atoms with van der Waals surface area (Å²) < 4.78 is 7.76. The van der Waals surface area contributed by atoms with Crippen LogP contribution in [0.1, 0.15) is 39.6 Å². The minimum absolute atomic E-state index is 0.0325. The second kappa shape index (κ2) is 6.61.